The van der Waals surface area contributed by atoms with E-state index in [1.54, 1.807) is 23.1 Å². The molecule has 2 aliphatic rings. The quantitative estimate of drug-likeness (QED) is 0.584. The fourth-order valence-electron chi connectivity index (χ4n) is 4.02. The van der Waals surface area contributed by atoms with Gasteiger partial charge in [-0.05, 0) is 30.2 Å². The zero-order chi connectivity index (χ0) is 22.1. The van der Waals surface area contributed by atoms with Crippen LogP contribution in [0.15, 0.2) is 59.1 Å². The van der Waals surface area contributed by atoms with Gasteiger partial charge in [-0.15, -0.1) is 0 Å². The van der Waals surface area contributed by atoms with Gasteiger partial charge in [0.25, 0.3) is 5.91 Å². The van der Waals surface area contributed by atoms with Gasteiger partial charge in [0, 0.05) is 24.2 Å². The molecule has 0 spiro atoms. The number of fused-ring (bicyclic) bond motifs is 1. The normalized spacial score (nSPS) is 18.9. The molecule has 8 nitrogen and oxygen atoms in total. The molecule has 2 aromatic carbocycles. The van der Waals surface area contributed by atoms with Gasteiger partial charge in [-0.1, -0.05) is 35.5 Å². The van der Waals surface area contributed by atoms with E-state index in [4.69, 9.17) is 14.0 Å². The number of hydrogen-bond acceptors (Lipinski definition) is 7. The zero-order valence-electron chi connectivity index (χ0n) is 17.3. The van der Waals surface area contributed by atoms with E-state index >= 15 is 0 Å². The number of carbonyl (C=O) groups is 1. The monoisotopic (exact) mass is 454 g/mol. The van der Waals surface area contributed by atoms with Crippen LogP contribution in [0.25, 0.3) is 11.3 Å². The molecule has 9 heteroatoms. The molecule has 0 unspecified atom stereocenters. The minimum atomic E-state index is -3.16. The highest BCUT2D eigenvalue weighted by molar-refractivity contribution is 7.91. The molecule has 0 aliphatic carbocycles. The van der Waals surface area contributed by atoms with Crippen molar-refractivity contribution in [3.63, 3.8) is 0 Å². The van der Waals surface area contributed by atoms with Crippen molar-refractivity contribution in [2.24, 2.45) is 0 Å². The molecule has 0 radical (unpaired) electrons. The zero-order valence-corrected chi connectivity index (χ0v) is 18.1. The van der Waals surface area contributed by atoms with Crippen molar-refractivity contribution in [3.8, 4) is 22.8 Å². The van der Waals surface area contributed by atoms with Crippen molar-refractivity contribution in [1.82, 2.24) is 10.1 Å². The number of rotatable bonds is 5. The summed E-state index contributed by atoms with van der Waals surface area (Å²) < 4.78 is 40.7. The molecule has 2 aliphatic heterocycles. The highest BCUT2D eigenvalue weighted by Crippen LogP contribution is 2.35. The number of carbonyl (C=O) groups excluding carboxylic acids is 1. The topological polar surface area (TPSA) is 98.9 Å². The molecule has 1 aromatic heterocycles. The highest BCUT2D eigenvalue weighted by atomic mass is 32.2. The van der Waals surface area contributed by atoms with Crippen molar-refractivity contribution in [2.45, 2.75) is 19.0 Å². The summed E-state index contributed by atoms with van der Waals surface area (Å²) in [6.45, 7) is 1.27. The van der Waals surface area contributed by atoms with Gasteiger partial charge >= 0.3 is 0 Å². The van der Waals surface area contributed by atoms with Crippen LogP contribution in [0, 0.1) is 0 Å². The maximum atomic E-state index is 13.4. The molecule has 1 atom stereocenters. The van der Waals surface area contributed by atoms with Crippen LogP contribution in [0.4, 0.5) is 0 Å². The summed E-state index contributed by atoms with van der Waals surface area (Å²) in [5, 5.41) is 3.99. The van der Waals surface area contributed by atoms with E-state index in [1.807, 2.05) is 36.4 Å². The third-order valence-electron chi connectivity index (χ3n) is 5.66. The van der Waals surface area contributed by atoms with Crippen LogP contribution in [0.5, 0.6) is 11.5 Å². The van der Waals surface area contributed by atoms with Gasteiger partial charge < -0.3 is 18.9 Å². The summed E-state index contributed by atoms with van der Waals surface area (Å²) in [4.78, 5) is 15.0. The van der Waals surface area contributed by atoms with Crippen LogP contribution in [0.2, 0.25) is 0 Å². The largest absolute Gasteiger partial charge is 0.486 e. The van der Waals surface area contributed by atoms with E-state index in [1.165, 1.54) is 0 Å². The lowest BCUT2D eigenvalue weighted by atomic mass is 10.1. The number of sulfone groups is 1. The lowest BCUT2D eigenvalue weighted by molar-refractivity contribution is 0.0670. The van der Waals surface area contributed by atoms with E-state index < -0.39 is 15.9 Å². The Kier molecular flexibility index (Phi) is 5.34. The molecule has 3 aromatic rings. The number of nitrogens with zero attached hydrogens (tertiary/aromatic N) is 2. The third-order valence-corrected chi connectivity index (χ3v) is 7.41. The predicted molar refractivity (Wildman–Crippen MR) is 116 cm³/mol. The van der Waals surface area contributed by atoms with Gasteiger partial charge in [0.15, 0.2) is 32.8 Å². The number of amides is 1. The lowest BCUT2D eigenvalue weighted by Gasteiger charge is -2.27. The maximum absolute atomic E-state index is 13.4. The summed E-state index contributed by atoms with van der Waals surface area (Å²) in [5.74, 6) is 1.37. The second-order valence-electron chi connectivity index (χ2n) is 7.91. The fraction of sp³-hybridized carbons (Fsp3) is 0.304. The van der Waals surface area contributed by atoms with E-state index in [2.05, 4.69) is 5.16 Å². The molecule has 166 valence electrons. The SMILES string of the molecule is O=C(c1cc(-c2ccc3c(c2)OCCO3)on1)N(Cc1ccccc1)[C@@H]1CCS(=O)(=O)C1. The molecule has 0 bridgehead atoms. The van der Waals surface area contributed by atoms with Gasteiger partial charge in [0.05, 0.1) is 11.5 Å². The molecule has 0 saturated carbocycles. The Labute approximate surface area is 185 Å². The molecule has 32 heavy (non-hydrogen) atoms. The van der Waals surface area contributed by atoms with Crippen LogP contribution in [-0.2, 0) is 16.4 Å². The maximum Gasteiger partial charge on any atom is 0.276 e. The molecular formula is C23H22N2O6S. The summed E-state index contributed by atoms with van der Waals surface area (Å²) in [6.07, 6.45) is 0.410. The lowest BCUT2D eigenvalue weighted by Crippen LogP contribution is -2.40. The van der Waals surface area contributed by atoms with E-state index in [9.17, 15) is 13.2 Å². The Morgan fingerprint density at radius 2 is 1.81 bits per heavy atom. The Hall–Kier alpha value is -3.33. The van der Waals surface area contributed by atoms with E-state index in [-0.39, 0.29) is 23.1 Å². The molecule has 1 fully saturated rings. The number of aromatic nitrogens is 1. The van der Waals surface area contributed by atoms with Crippen molar-refractivity contribution in [2.75, 3.05) is 24.7 Å². The Balaban J connectivity index is 1.42. The first-order valence-corrected chi connectivity index (χ1v) is 12.2. The van der Waals surface area contributed by atoms with Crippen LogP contribution in [0.1, 0.15) is 22.5 Å². The fourth-order valence-corrected chi connectivity index (χ4v) is 5.75. The molecule has 0 N–H and O–H groups in total. The Morgan fingerprint density at radius 3 is 2.56 bits per heavy atom. The Morgan fingerprint density at radius 1 is 1.03 bits per heavy atom. The minimum absolute atomic E-state index is 0.0432. The van der Waals surface area contributed by atoms with Gasteiger partial charge in [-0.25, -0.2) is 8.42 Å². The first kappa shape index (κ1) is 20.6. The summed E-state index contributed by atoms with van der Waals surface area (Å²) in [6, 6.07) is 16.1. The second-order valence-corrected chi connectivity index (χ2v) is 10.1. The van der Waals surface area contributed by atoms with Crippen molar-refractivity contribution >= 4 is 15.7 Å². The van der Waals surface area contributed by atoms with E-state index in [0.29, 0.717) is 49.0 Å². The van der Waals surface area contributed by atoms with Crippen molar-refractivity contribution in [3.05, 3.63) is 65.9 Å². The van der Waals surface area contributed by atoms with Crippen molar-refractivity contribution < 1.29 is 27.2 Å². The van der Waals surface area contributed by atoms with E-state index in [0.717, 1.165) is 5.56 Å². The first-order chi connectivity index (χ1) is 15.5. The van der Waals surface area contributed by atoms with Crippen LogP contribution >= 0.6 is 0 Å². The molecule has 3 heterocycles. The van der Waals surface area contributed by atoms with Crippen molar-refractivity contribution in [1.29, 1.82) is 0 Å². The standard InChI is InChI=1S/C23H22N2O6S/c26-23(25(14-16-4-2-1-3-5-16)18-8-11-32(27,28)15-18)19-13-21(31-24-19)17-6-7-20-22(12-17)30-10-9-29-20/h1-7,12-13,18H,8-11,14-15H2/t18-/m1/s1. The third kappa shape index (κ3) is 4.20. The average molecular weight is 455 g/mol. The minimum Gasteiger partial charge on any atom is -0.486 e. The smallest absolute Gasteiger partial charge is 0.276 e. The molecule has 5 rings (SSSR count). The van der Waals surface area contributed by atoms with Gasteiger partial charge in [0.1, 0.15) is 13.2 Å². The number of hydrogen-bond donors (Lipinski definition) is 0. The number of benzene rings is 2. The second kappa shape index (κ2) is 8.31. The van der Waals surface area contributed by atoms with Gasteiger partial charge in [-0.2, -0.15) is 0 Å². The number of ether oxygens (including phenoxy) is 2. The van der Waals surface area contributed by atoms with Crippen LogP contribution in [0.3, 0.4) is 0 Å². The van der Waals surface area contributed by atoms with Gasteiger partial charge in [-0.3, -0.25) is 4.79 Å². The summed E-state index contributed by atoms with van der Waals surface area (Å²) in [5.41, 5.74) is 1.76. The molecular weight excluding hydrogens is 432 g/mol. The van der Waals surface area contributed by atoms with Gasteiger partial charge in [0.2, 0.25) is 0 Å². The first-order valence-electron chi connectivity index (χ1n) is 10.4. The summed E-state index contributed by atoms with van der Waals surface area (Å²) in [7, 11) is -3.16. The van der Waals surface area contributed by atoms with Crippen LogP contribution in [-0.4, -0.2) is 55.1 Å². The summed E-state index contributed by atoms with van der Waals surface area (Å²) >= 11 is 0. The molecule has 1 amide bonds. The van der Waals surface area contributed by atoms with Crippen LogP contribution < -0.4 is 9.47 Å². The average Bonchev–Trinajstić information content (AvgIpc) is 3.44. The molecule has 1 saturated heterocycles. The Bertz CT molecular complexity index is 1240. The predicted octanol–water partition coefficient (Wildman–Crippen LogP) is 2.94. The highest BCUT2D eigenvalue weighted by Gasteiger charge is 2.36.